The van der Waals surface area contributed by atoms with E-state index in [4.69, 9.17) is 5.11 Å². The second kappa shape index (κ2) is 6.72. The normalized spacial score (nSPS) is 17.9. The Morgan fingerprint density at radius 3 is 2.90 bits per heavy atom. The molecule has 0 saturated heterocycles. The molecule has 0 aromatic heterocycles. The zero-order valence-corrected chi connectivity index (χ0v) is 12.5. The Balaban J connectivity index is 1.98. The van der Waals surface area contributed by atoms with Crippen molar-refractivity contribution in [2.45, 2.75) is 45.2 Å². The minimum Gasteiger partial charge on any atom is -0.480 e. The smallest absolute Gasteiger partial charge is 0.320 e. The third-order valence-electron chi connectivity index (χ3n) is 3.74. The molecule has 1 aliphatic heterocycles. The highest BCUT2D eigenvalue weighted by molar-refractivity contribution is 5.98. The number of nitrogens with one attached hydrogen (secondary N) is 2. The lowest BCUT2D eigenvalue weighted by atomic mass is 10.0. The molecule has 5 nitrogen and oxygen atoms in total. The van der Waals surface area contributed by atoms with Crippen LogP contribution < -0.4 is 10.6 Å². The Bertz CT molecular complexity index is 542. The summed E-state index contributed by atoms with van der Waals surface area (Å²) in [6, 6.07) is 5.36. The number of carboxylic acid groups (broad SMARTS) is 1. The minimum absolute atomic E-state index is 0.0543. The molecule has 0 spiro atoms. The van der Waals surface area contributed by atoms with Gasteiger partial charge >= 0.3 is 5.97 Å². The van der Waals surface area contributed by atoms with Crippen molar-refractivity contribution in [2.24, 2.45) is 0 Å². The number of anilines is 1. The molecular weight excluding hydrogens is 268 g/mol. The van der Waals surface area contributed by atoms with Crippen LogP contribution in [-0.2, 0) is 11.2 Å². The van der Waals surface area contributed by atoms with Crippen LogP contribution in [0.1, 0.15) is 42.6 Å². The zero-order chi connectivity index (χ0) is 15.4. The number of ketones is 1. The molecule has 1 heterocycles. The van der Waals surface area contributed by atoms with E-state index < -0.39 is 12.0 Å². The van der Waals surface area contributed by atoms with Gasteiger partial charge in [-0.25, -0.2) is 0 Å². The molecule has 5 heteroatoms. The molecule has 0 aliphatic carbocycles. The van der Waals surface area contributed by atoms with E-state index in [9.17, 15) is 9.59 Å². The van der Waals surface area contributed by atoms with E-state index in [2.05, 4.69) is 17.6 Å². The molecule has 2 unspecified atom stereocenters. The first-order chi connectivity index (χ1) is 10.0. The van der Waals surface area contributed by atoms with Gasteiger partial charge in [-0.2, -0.15) is 0 Å². The van der Waals surface area contributed by atoms with Crippen LogP contribution >= 0.6 is 0 Å². The monoisotopic (exact) mass is 290 g/mol. The summed E-state index contributed by atoms with van der Waals surface area (Å²) in [5.74, 6) is -0.976. The maximum Gasteiger partial charge on any atom is 0.320 e. The summed E-state index contributed by atoms with van der Waals surface area (Å²) in [7, 11) is 0. The average molecular weight is 290 g/mol. The van der Waals surface area contributed by atoms with Gasteiger partial charge in [0.2, 0.25) is 0 Å². The van der Waals surface area contributed by atoms with Gasteiger partial charge < -0.3 is 10.4 Å². The fraction of sp³-hybridized carbons (Fsp3) is 0.500. The van der Waals surface area contributed by atoms with Gasteiger partial charge in [-0.15, -0.1) is 0 Å². The number of carbonyl (C=O) groups is 2. The van der Waals surface area contributed by atoms with Crippen molar-refractivity contribution < 1.29 is 14.7 Å². The average Bonchev–Trinajstić information content (AvgIpc) is 2.81. The number of carboxylic acids is 1. The van der Waals surface area contributed by atoms with Gasteiger partial charge in [0.25, 0.3) is 0 Å². The Morgan fingerprint density at radius 2 is 2.24 bits per heavy atom. The highest BCUT2D eigenvalue weighted by atomic mass is 16.4. The van der Waals surface area contributed by atoms with Crippen molar-refractivity contribution >= 4 is 17.4 Å². The summed E-state index contributed by atoms with van der Waals surface area (Å²) in [5.41, 5.74) is 2.87. The topological polar surface area (TPSA) is 78.4 Å². The van der Waals surface area contributed by atoms with Crippen LogP contribution in [0.25, 0.3) is 0 Å². The van der Waals surface area contributed by atoms with Crippen LogP contribution in [0.2, 0.25) is 0 Å². The van der Waals surface area contributed by atoms with Crippen LogP contribution in [0, 0.1) is 0 Å². The Hall–Kier alpha value is -1.88. The fourth-order valence-electron chi connectivity index (χ4n) is 2.64. The number of hydrogen-bond acceptors (Lipinski definition) is 4. The third-order valence-corrected chi connectivity index (χ3v) is 3.74. The van der Waals surface area contributed by atoms with Crippen LogP contribution in [0.15, 0.2) is 18.2 Å². The van der Waals surface area contributed by atoms with Gasteiger partial charge in [0, 0.05) is 17.3 Å². The SMILES string of the molecule is CCCC(NCC(=O)c1ccc2c(c1)CC(C)N2)C(=O)O. The molecule has 0 radical (unpaired) electrons. The Kier molecular flexibility index (Phi) is 4.96. The van der Waals surface area contributed by atoms with Gasteiger partial charge in [-0.05, 0) is 43.5 Å². The molecule has 1 aromatic rings. The second-order valence-corrected chi connectivity index (χ2v) is 5.61. The minimum atomic E-state index is -0.906. The van der Waals surface area contributed by atoms with E-state index in [-0.39, 0.29) is 12.3 Å². The lowest BCUT2D eigenvalue weighted by molar-refractivity contribution is -0.139. The highest BCUT2D eigenvalue weighted by Gasteiger charge is 2.20. The predicted molar refractivity (Wildman–Crippen MR) is 81.9 cm³/mol. The van der Waals surface area contributed by atoms with Crippen molar-refractivity contribution in [1.29, 1.82) is 0 Å². The number of fused-ring (bicyclic) bond motifs is 1. The molecule has 0 saturated carbocycles. The maximum absolute atomic E-state index is 12.2. The molecule has 1 aliphatic rings. The Morgan fingerprint density at radius 1 is 1.48 bits per heavy atom. The van der Waals surface area contributed by atoms with Crippen LogP contribution in [-0.4, -0.2) is 35.5 Å². The molecule has 0 fully saturated rings. The van der Waals surface area contributed by atoms with Gasteiger partial charge in [-0.1, -0.05) is 13.3 Å². The van der Waals surface area contributed by atoms with Crippen LogP contribution in [0.4, 0.5) is 5.69 Å². The summed E-state index contributed by atoms with van der Waals surface area (Å²) in [6.45, 7) is 4.08. The molecule has 21 heavy (non-hydrogen) atoms. The highest BCUT2D eigenvalue weighted by Crippen LogP contribution is 2.26. The third kappa shape index (κ3) is 3.82. The second-order valence-electron chi connectivity index (χ2n) is 5.61. The van der Waals surface area contributed by atoms with E-state index >= 15 is 0 Å². The number of carbonyl (C=O) groups excluding carboxylic acids is 1. The van der Waals surface area contributed by atoms with E-state index in [0.717, 1.165) is 24.1 Å². The maximum atomic E-state index is 12.2. The summed E-state index contributed by atoms with van der Waals surface area (Å²) in [5, 5.41) is 15.2. The number of rotatable bonds is 7. The van der Waals surface area contributed by atoms with Gasteiger partial charge in [-0.3, -0.25) is 14.9 Å². The molecule has 2 atom stereocenters. The molecule has 114 valence electrons. The van der Waals surface area contributed by atoms with Gasteiger partial charge in [0.15, 0.2) is 5.78 Å². The van der Waals surface area contributed by atoms with Crippen molar-refractivity contribution in [3.63, 3.8) is 0 Å². The van der Waals surface area contributed by atoms with E-state index in [1.807, 2.05) is 19.1 Å². The van der Waals surface area contributed by atoms with E-state index in [0.29, 0.717) is 18.0 Å². The number of aliphatic carboxylic acids is 1. The molecular formula is C16H22N2O3. The first-order valence-corrected chi connectivity index (χ1v) is 7.40. The number of Topliss-reactive ketones (excluding diaryl/α,β-unsaturated/α-hetero) is 1. The van der Waals surface area contributed by atoms with E-state index in [1.54, 1.807) is 6.07 Å². The summed E-state index contributed by atoms with van der Waals surface area (Å²) in [4.78, 5) is 23.2. The van der Waals surface area contributed by atoms with Crippen molar-refractivity contribution in [1.82, 2.24) is 5.32 Å². The fourth-order valence-corrected chi connectivity index (χ4v) is 2.64. The number of benzene rings is 1. The molecule has 3 N–H and O–H groups in total. The van der Waals surface area contributed by atoms with E-state index in [1.165, 1.54) is 0 Å². The molecule has 0 amide bonds. The largest absolute Gasteiger partial charge is 0.480 e. The summed E-state index contributed by atoms with van der Waals surface area (Å²) in [6.07, 6.45) is 2.20. The van der Waals surface area contributed by atoms with Crippen molar-refractivity contribution in [3.05, 3.63) is 29.3 Å². The first kappa shape index (κ1) is 15.5. The van der Waals surface area contributed by atoms with Crippen LogP contribution in [0.5, 0.6) is 0 Å². The quantitative estimate of drug-likeness (QED) is 0.670. The Labute approximate surface area is 124 Å². The molecule has 0 bridgehead atoms. The van der Waals surface area contributed by atoms with Crippen molar-refractivity contribution in [3.8, 4) is 0 Å². The summed E-state index contributed by atoms with van der Waals surface area (Å²) < 4.78 is 0. The zero-order valence-electron chi connectivity index (χ0n) is 12.5. The molecule has 2 rings (SSSR count). The first-order valence-electron chi connectivity index (χ1n) is 7.40. The summed E-state index contributed by atoms with van der Waals surface area (Å²) >= 11 is 0. The lowest BCUT2D eigenvalue weighted by Crippen LogP contribution is -2.39. The lowest BCUT2D eigenvalue weighted by Gasteiger charge is -2.13. The van der Waals surface area contributed by atoms with Gasteiger partial charge in [0.05, 0.1) is 6.54 Å². The molecule has 1 aromatic carbocycles. The predicted octanol–water partition coefficient (Wildman–Crippen LogP) is 2.07. The van der Waals surface area contributed by atoms with Crippen LogP contribution in [0.3, 0.4) is 0 Å². The van der Waals surface area contributed by atoms with Gasteiger partial charge in [0.1, 0.15) is 6.04 Å². The standard InChI is InChI=1S/C16H22N2O3/c1-3-4-14(16(20)21)17-9-15(19)11-5-6-13-12(8-11)7-10(2)18-13/h5-6,8,10,14,17-18H,3-4,7,9H2,1-2H3,(H,20,21). The number of hydrogen-bond donors (Lipinski definition) is 3. The van der Waals surface area contributed by atoms with Crippen molar-refractivity contribution in [2.75, 3.05) is 11.9 Å².